The molecule has 8 heteroatoms. The predicted octanol–water partition coefficient (Wildman–Crippen LogP) is 4.19. The molecule has 8 nitrogen and oxygen atoms in total. The fraction of sp³-hybridized carbons (Fsp3) is 0.156. The van der Waals surface area contributed by atoms with E-state index in [0.717, 1.165) is 79.4 Å². The average Bonchev–Trinajstić information content (AvgIpc) is 3.73. The largest absolute Gasteiger partial charge is 0.324 e. The van der Waals surface area contributed by atoms with Crippen molar-refractivity contribution in [2.45, 2.75) is 19.0 Å². The first kappa shape index (κ1) is 21.8. The highest BCUT2D eigenvalue weighted by Gasteiger charge is 2.37. The minimum absolute atomic E-state index is 0.0478. The predicted molar refractivity (Wildman–Crippen MR) is 155 cm³/mol. The van der Waals surface area contributed by atoms with Gasteiger partial charge in [0.05, 0.1) is 0 Å². The van der Waals surface area contributed by atoms with Gasteiger partial charge in [-0.25, -0.2) is 25.0 Å². The van der Waals surface area contributed by atoms with Gasteiger partial charge in [0.25, 0.3) is 0 Å². The van der Waals surface area contributed by atoms with Crippen molar-refractivity contribution < 1.29 is 0 Å². The lowest BCUT2D eigenvalue weighted by Gasteiger charge is -2.17. The number of aromatic nitrogens is 3. The van der Waals surface area contributed by atoms with Crippen molar-refractivity contribution in [3.8, 4) is 0 Å². The number of allylic oxidation sites excluding steroid dienone is 3. The van der Waals surface area contributed by atoms with Crippen LogP contribution in [-0.4, -0.2) is 27.0 Å². The topological polar surface area (TPSA) is 109 Å². The third kappa shape index (κ3) is 3.16. The number of fused-ring (bicyclic) bond motifs is 19. The normalized spacial score (nSPS) is 22.2. The number of H-pyrrole nitrogens is 3. The SMILES string of the molecule is C1=CC2C3=NC(N=c4[nH]c(c5ccccc45)=Nc4[nH]c(c5c4C=CCC5)N=c4[nH]c(c5ccccc45)=N3)C2C=C1. The van der Waals surface area contributed by atoms with Crippen LogP contribution < -0.4 is 22.0 Å². The number of aliphatic imine (C=N–C) groups is 1. The molecule has 3 N–H and O–H groups in total. The maximum absolute atomic E-state index is 5.18. The number of amidine groups is 1. The molecule has 2 aliphatic heterocycles. The van der Waals surface area contributed by atoms with E-state index in [2.05, 4.69) is 75.7 Å². The summed E-state index contributed by atoms with van der Waals surface area (Å²) in [5.74, 6) is 2.53. The van der Waals surface area contributed by atoms with Crippen LogP contribution in [0.4, 0.5) is 11.6 Å². The van der Waals surface area contributed by atoms with Crippen molar-refractivity contribution in [3.05, 3.63) is 112 Å². The molecule has 5 heterocycles. The summed E-state index contributed by atoms with van der Waals surface area (Å²) in [5.41, 5.74) is 5.35. The van der Waals surface area contributed by atoms with Crippen molar-refractivity contribution in [2.75, 3.05) is 0 Å². The third-order valence-electron chi connectivity index (χ3n) is 8.32. The minimum atomic E-state index is -0.300. The number of nitrogens with zero attached hydrogens (tertiary/aromatic N) is 5. The van der Waals surface area contributed by atoms with Gasteiger partial charge in [-0.3, -0.25) is 0 Å². The number of hydrogen-bond donors (Lipinski definition) is 3. The van der Waals surface area contributed by atoms with Gasteiger partial charge in [0.15, 0.2) is 6.17 Å². The molecule has 3 unspecified atom stereocenters. The van der Waals surface area contributed by atoms with Gasteiger partial charge in [-0.15, -0.1) is 0 Å². The lowest BCUT2D eigenvalue weighted by Crippen LogP contribution is -2.24. The molecule has 0 saturated heterocycles. The molecule has 0 amide bonds. The Morgan fingerprint density at radius 1 is 0.650 bits per heavy atom. The number of rotatable bonds is 0. The summed E-state index contributed by atoms with van der Waals surface area (Å²) >= 11 is 0. The Morgan fingerprint density at radius 3 is 2.08 bits per heavy atom. The second-order valence-corrected chi connectivity index (χ2v) is 10.6. The Kier molecular flexibility index (Phi) is 4.46. The monoisotopic (exact) mass is 520 g/mol. The van der Waals surface area contributed by atoms with Gasteiger partial charge >= 0.3 is 0 Å². The summed E-state index contributed by atoms with van der Waals surface area (Å²) in [6.07, 6.45) is 14.5. The van der Waals surface area contributed by atoms with Crippen molar-refractivity contribution >= 4 is 45.1 Å². The summed E-state index contributed by atoms with van der Waals surface area (Å²) in [6.45, 7) is 0. The number of nitrogens with one attached hydrogen (secondary N) is 3. The van der Waals surface area contributed by atoms with Crippen molar-refractivity contribution in [3.63, 3.8) is 0 Å². The Morgan fingerprint density at radius 2 is 1.30 bits per heavy atom. The van der Waals surface area contributed by atoms with Gasteiger partial charge in [-0.2, -0.15) is 0 Å². The zero-order chi connectivity index (χ0) is 26.2. The molecule has 2 aromatic carbocycles. The van der Waals surface area contributed by atoms with E-state index in [-0.39, 0.29) is 18.0 Å². The van der Waals surface area contributed by atoms with Gasteiger partial charge in [0.1, 0.15) is 39.4 Å². The summed E-state index contributed by atoms with van der Waals surface area (Å²) < 4.78 is 0. The molecule has 192 valence electrons. The number of benzene rings is 2. The summed E-state index contributed by atoms with van der Waals surface area (Å²) in [6, 6.07) is 16.5. The van der Waals surface area contributed by atoms with E-state index in [1.54, 1.807) is 0 Å². The van der Waals surface area contributed by atoms with Crippen LogP contribution in [0, 0.1) is 11.8 Å². The molecule has 0 saturated carbocycles. The van der Waals surface area contributed by atoms with Gasteiger partial charge < -0.3 is 15.0 Å². The van der Waals surface area contributed by atoms with Crippen molar-refractivity contribution in [1.82, 2.24) is 15.0 Å². The van der Waals surface area contributed by atoms with E-state index in [9.17, 15) is 0 Å². The van der Waals surface area contributed by atoms with E-state index in [0.29, 0.717) is 0 Å². The standard InChI is InChI=1S/C32H24N8/c1-2-10-18-17(9-1)25-33-26(18)38-28-21-13-5-6-14-22(21)30(35-28)40-32-24-16-8-7-15-23(24)31(36-32)39-29-20-12-4-3-11-19(20)27(34-29)37-25/h1-7,9-15,17-18,25,36H,8,16H2,(H,34,37,39)(H,33,35,38,40). The maximum Gasteiger partial charge on any atom is 0.151 e. The average molecular weight is 521 g/mol. The molecule has 2 aliphatic carbocycles. The van der Waals surface area contributed by atoms with Crippen molar-refractivity contribution in [1.29, 1.82) is 0 Å². The Hall–Kier alpha value is -5.11. The Labute approximate surface area is 227 Å². The molecule has 9 rings (SSSR count). The fourth-order valence-electron chi connectivity index (χ4n) is 6.39. The zero-order valence-electron chi connectivity index (χ0n) is 21.5. The maximum atomic E-state index is 5.18. The van der Waals surface area contributed by atoms with Crippen LogP contribution in [0.15, 0.2) is 104 Å². The summed E-state index contributed by atoms with van der Waals surface area (Å²) in [4.78, 5) is 36.2. The smallest absolute Gasteiger partial charge is 0.151 e. The third-order valence-corrected chi connectivity index (χ3v) is 8.32. The molecule has 0 fully saturated rings. The number of aromatic amines is 3. The molecule has 5 aromatic rings. The van der Waals surface area contributed by atoms with Crippen molar-refractivity contribution in [2.24, 2.45) is 36.8 Å². The van der Waals surface area contributed by atoms with Crippen LogP contribution >= 0.6 is 0 Å². The summed E-state index contributed by atoms with van der Waals surface area (Å²) in [5, 5.41) is 4.09. The molecular weight excluding hydrogens is 496 g/mol. The van der Waals surface area contributed by atoms with Crippen LogP contribution in [0.3, 0.4) is 0 Å². The lowest BCUT2D eigenvalue weighted by atomic mass is 9.88. The van der Waals surface area contributed by atoms with Gasteiger partial charge in [-0.1, -0.05) is 85.0 Å². The van der Waals surface area contributed by atoms with Crippen LogP contribution in [0.2, 0.25) is 0 Å². The lowest BCUT2D eigenvalue weighted by molar-refractivity contribution is 0.503. The van der Waals surface area contributed by atoms with Crippen LogP contribution in [0.5, 0.6) is 0 Å². The van der Waals surface area contributed by atoms with E-state index in [4.69, 9.17) is 25.0 Å². The minimum Gasteiger partial charge on any atom is -0.324 e. The van der Waals surface area contributed by atoms with Crippen LogP contribution in [0.1, 0.15) is 17.5 Å². The first-order valence-corrected chi connectivity index (χ1v) is 13.7. The molecule has 3 atom stereocenters. The molecule has 4 aliphatic rings. The zero-order valence-corrected chi connectivity index (χ0v) is 21.5. The molecule has 0 spiro atoms. The number of hydrogen-bond acceptors (Lipinski definition) is 5. The quantitative estimate of drug-likeness (QED) is 0.272. The first-order chi connectivity index (χ1) is 19.8. The van der Waals surface area contributed by atoms with Gasteiger partial charge in [0.2, 0.25) is 0 Å². The van der Waals surface area contributed by atoms with Crippen LogP contribution in [0.25, 0.3) is 27.6 Å². The highest BCUT2D eigenvalue weighted by molar-refractivity contribution is 5.91. The second kappa shape index (κ2) is 8.19. The Bertz CT molecular complexity index is 2250. The van der Waals surface area contributed by atoms with Crippen LogP contribution in [-0.2, 0) is 6.42 Å². The fourth-order valence-corrected chi connectivity index (χ4v) is 6.39. The first-order valence-electron chi connectivity index (χ1n) is 13.7. The summed E-state index contributed by atoms with van der Waals surface area (Å²) in [7, 11) is 0. The highest BCUT2D eigenvalue weighted by Crippen LogP contribution is 2.36. The Balaban J connectivity index is 1.43. The van der Waals surface area contributed by atoms with E-state index in [1.165, 1.54) is 5.56 Å². The molecule has 40 heavy (non-hydrogen) atoms. The van der Waals surface area contributed by atoms with E-state index in [1.807, 2.05) is 24.3 Å². The second-order valence-electron chi connectivity index (χ2n) is 10.6. The van der Waals surface area contributed by atoms with Gasteiger partial charge in [-0.05, 0) is 12.8 Å². The molecule has 8 bridgehead atoms. The van der Waals surface area contributed by atoms with E-state index >= 15 is 0 Å². The molecule has 3 aromatic heterocycles. The van der Waals surface area contributed by atoms with Gasteiger partial charge in [0, 0.05) is 44.5 Å². The highest BCUT2D eigenvalue weighted by atomic mass is 15.1. The van der Waals surface area contributed by atoms with E-state index < -0.39 is 0 Å². The molecular formula is C32H24N8. The molecule has 0 radical (unpaired) electrons.